The Labute approximate surface area is 206 Å². The number of amides is 1. The van der Waals surface area contributed by atoms with Crippen LogP contribution < -0.4 is 10.6 Å². The van der Waals surface area contributed by atoms with Crippen molar-refractivity contribution in [2.24, 2.45) is 10.7 Å². The Kier molecular flexibility index (Phi) is 6.44. The first-order valence-corrected chi connectivity index (χ1v) is 11.9. The summed E-state index contributed by atoms with van der Waals surface area (Å²) >= 11 is 0. The van der Waals surface area contributed by atoms with E-state index in [9.17, 15) is 4.79 Å². The number of ether oxygens (including phenoxy) is 1. The largest absolute Gasteiger partial charge is 0.444 e. The molecule has 1 amide bonds. The lowest BCUT2D eigenvalue weighted by molar-refractivity contribution is 0.0159. The zero-order chi connectivity index (χ0) is 25.5. The molecule has 1 atom stereocenters. The van der Waals surface area contributed by atoms with E-state index in [2.05, 4.69) is 26.0 Å². The van der Waals surface area contributed by atoms with Crippen LogP contribution >= 0.6 is 0 Å². The number of aryl methyl sites for hydroxylation is 3. The predicted molar refractivity (Wildman–Crippen MR) is 139 cm³/mol. The summed E-state index contributed by atoms with van der Waals surface area (Å²) in [5.41, 5.74) is 11.6. The average molecular weight is 478 g/mol. The number of aromatic nitrogens is 3. The fourth-order valence-corrected chi connectivity index (χ4v) is 4.35. The minimum absolute atomic E-state index is 0.0255. The van der Waals surface area contributed by atoms with Crippen LogP contribution in [0.3, 0.4) is 0 Å². The summed E-state index contributed by atoms with van der Waals surface area (Å²) < 4.78 is 7.45. The number of fused-ring (bicyclic) bond motifs is 1. The van der Waals surface area contributed by atoms with Crippen LogP contribution in [0.15, 0.2) is 35.5 Å². The maximum absolute atomic E-state index is 12.5. The van der Waals surface area contributed by atoms with Crippen molar-refractivity contribution in [2.75, 3.05) is 24.5 Å². The number of hydrogen-bond donors (Lipinski definition) is 1. The van der Waals surface area contributed by atoms with Gasteiger partial charge in [-0.15, -0.1) is 0 Å². The van der Waals surface area contributed by atoms with E-state index in [0.717, 1.165) is 33.7 Å². The molecule has 1 fully saturated rings. The van der Waals surface area contributed by atoms with Crippen LogP contribution in [0.5, 0.6) is 0 Å². The highest BCUT2D eigenvalue weighted by Gasteiger charge is 2.31. The Morgan fingerprint density at radius 1 is 1.14 bits per heavy atom. The van der Waals surface area contributed by atoms with Crippen molar-refractivity contribution in [3.05, 3.63) is 53.0 Å². The highest BCUT2D eigenvalue weighted by Crippen LogP contribution is 2.25. The topological polar surface area (TPSA) is 101 Å². The first-order valence-electron chi connectivity index (χ1n) is 11.9. The Morgan fingerprint density at radius 3 is 2.54 bits per heavy atom. The molecule has 1 aliphatic rings. The highest BCUT2D eigenvalue weighted by molar-refractivity contribution is 6.00. The highest BCUT2D eigenvalue weighted by atomic mass is 16.6. The van der Waals surface area contributed by atoms with Gasteiger partial charge in [-0.2, -0.15) is 5.10 Å². The fourth-order valence-electron chi connectivity index (χ4n) is 4.35. The van der Waals surface area contributed by atoms with Gasteiger partial charge >= 0.3 is 6.09 Å². The Bertz CT molecular complexity index is 1290. The number of rotatable bonds is 3. The van der Waals surface area contributed by atoms with Crippen molar-refractivity contribution in [3.63, 3.8) is 0 Å². The van der Waals surface area contributed by atoms with Crippen LogP contribution in [0, 0.1) is 20.8 Å². The summed E-state index contributed by atoms with van der Waals surface area (Å²) in [5, 5.41) is 4.49. The lowest BCUT2D eigenvalue weighted by Crippen LogP contribution is -2.55. The van der Waals surface area contributed by atoms with Gasteiger partial charge < -0.3 is 20.3 Å². The quantitative estimate of drug-likeness (QED) is 0.449. The average Bonchev–Trinajstić information content (AvgIpc) is 3.14. The number of nitrogens with zero attached hydrogens (tertiary/aromatic N) is 6. The third-order valence-corrected chi connectivity index (χ3v) is 6.04. The number of hydrogen-bond acceptors (Lipinski definition) is 6. The molecule has 0 unspecified atom stereocenters. The van der Waals surface area contributed by atoms with E-state index in [0.29, 0.717) is 31.3 Å². The van der Waals surface area contributed by atoms with E-state index in [1.807, 2.05) is 77.4 Å². The molecule has 35 heavy (non-hydrogen) atoms. The SMILES string of the molecule is Cc1cc2cc(C(N)=Nc3ncc(N4CCN(C(=O)OC(C)(C)C)[C@@H](C)C4)cc3C)cc(C)n2n1. The summed E-state index contributed by atoms with van der Waals surface area (Å²) in [7, 11) is 0. The van der Waals surface area contributed by atoms with Gasteiger partial charge in [0.05, 0.1) is 23.1 Å². The lowest BCUT2D eigenvalue weighted by atomic mass is 10.1. The molecular weight excluding hydrogens is 442 g/mol. The summed E-state index contributed by atoms with van der Waals surface area (Å²) in [5.74, 6) is 1.01. The van der Waals surface area contributed by atoms with Gasteiger partial charge in [-0.05, 0) is 78.3 Å². The first kappa shape index (κ1) is 24.5. The number of aliphatic imine (C=N–C) groups is 1. The lowest BCUT2D eigenvalue weighted by Gasteiger charge is -2.41. The van der Waals surface area contributed by atoms with Crippen molar-refractivity contribution in [1.29, 1.82) is 0 Å². The number of pyridine rings is 2. The zero-order valence-corrected chi connectivity index (χ0v) is 21.7. The number of anilines is 1. The van der Waals surface area contributed by atoms with Crippen LogP contribution in [-0.4, -0.2) is 62.7 Å². The minimum atomic E-state index is -0.504. The molecule has 0 spiro atoms. The predicted octanol–water partition coefficient (Wildman–Crippen LogP) is 4.14. The molecular formula is C26H35N7O2. The standard InChI is InChI=1S/C26H35N7O2/c1-16-10-22(31-8-9-32(19(4)15-31)25(34)35-26(5,6)7)14-28-24(16)29-23(27)20-12-18(3)33-21(13-20)11-17(2)30-33/h10-14,19H,8-9,15H2,1-7H3,(H2,27,28,29)/t19-/m0/s1. The van der Waals surface area contributed by atoms with Crippen molar-refractivity contribution >= 4 is 29.0 Å². The van der Waals surface area contributed by atoms with Gasteiger partial charge in [0.1, 0.15) is 11.4 Å². The van der Waals surface area contributed by atoms with E-state index in [-0.39, 0.29) is 12.1 Å². The molecule has 2 N–H and O–H groups in total. The molecule has 186 valence electrons. The maximum atomic E-state index is 12.5. The van der Waals surface area contributed by atoms with E-state index < -0.39 is 5.60 Å². The molecule has 3 aromatic heterocycles. The smallest absolute Gasteiger partial charge is 0.410 e. The van der Waals surface area contributed by atoms with Crippen LogP contribution in [0.1, 0.15) is 50.2 Å². The summed E-state index contributed by atoms with van der Waals surface area (Å²) in [6.45, 7) is 15.6. The molecule has 9 heteroatoms. The Morgan fingerprint density at radius 2 is 1.89 bits per heavy atom. The Hall–Kier alpha value is -3.62. The summed E-state index contributed by atoms with van der Waals surface area (Å²) in [6, 6.07) is 8.09. The van der Waals surface area contributed by atoms with Crippen molar-refractivity contribution in [2.45, 2.75) is 60.1 Å². The second-order valence-electron chi connectivity index (χ2n) is 10.3. The normalized spacial score (nSPS) is 17.2. The molecule has 1 aliphatic heterocycles. The second-order valence-corrected chi connectivity index (χ2v) is 10.3. The number of nitrogens with two attached hydrogens (primary N) is 1. The third-order valence-electron chi connectivity index (χ3n) is 6.04. The van der Waals surface area contributed by atoms with E-state index in [1.165, 1.54) is 0 Å². The van der Waals surface area contributed by atoms with Gasteiger partial charge in [0.25, 0.3) is 0 Å². The molecule has 3 aromatic rings. The molecule has 4 heterocycles. The zero-order valence-electron chi connectivity index (χ0n) is 21.7. The fraction of sp³-hybridized carbons (Fsp3) is 0.462. The monoisotopic (exact) mass is 477 g/mol. The molecule has 0 aliphatic carbocycles. The van der Waals surface area contributed by atoms with Crippen LogP contribution in [0.4, 0.5) is 16.3 Å². The molecule has 0 aromatic carbocycles. The summed E-state index contributed by atoms with van der Waals surface area (Å²) in [6.07, 6.45) is 1.56. The van der Waals surface area contributed by atoms with Gasteiger partial charge in [-0.1, -0.05) is 0 Å². The van der Waals surface area contributed by atoms with Crippen LogP contribution in [0.25, 0.3) is 5.52 Å². The van der Waals surface area contributed by atoms with Gasteiger partial charge in [0.2, 0.25) is 0 Å². The number of piperazine rings is 1. The maximum Gasteiger partial charge on any atom is 0.410 e. The first-order chi connectivity index (χ1) is 16.4. The minimum Gasteiger partial charge on any atom is -0.444 e. The van der Waals surface area contributed by atoms with E-state index >= 15 is 0 Å². The van der Waals surface area contributed by atoms with Gasteiger partial charge in [0.15, 0.2) is 5.82 Å². The molecule has 0 bridgehead atoms. The third kappa shape index (κ3) is 5.39. The van der Waals surface area contributed by atoms with Crippen molar-refractivity contribution in [3.8, 4) is 0 Å². The van der Waals surface area contributed by atoms with E-state index in [1.54, 1.807) is 4.90 Å². The van der Waals surface area contributed by atoms with Crippen molar-refractivity contribution in [1.82, 2.24) is 19.5 Å². The Balaban J connectivity index is 1.49. The number of carbonyl (C=O) groups excluding carboxylic acids is 1. The van der Waals surface area contributed by atoms with Crippen LogP contribution in [0.2, 0.25) is 0 Å². The van der Waals surface area contributed by atoms with Gasteiger partial charge in [-0.3, -0.25) is 0 Å². The molecule has 4 rings (SSSR count). The van der Waals surface area contributed by atoms with Crippen LogP contribution in [-0.2, 0) is 4.74 Å². The summed E-state index contributed by atoms with van der Waals surface area (Å²) in [4.78, 5) is 25.8. The molecule has 9 nitrogen and oxygen atoms in total. The molecule has 0 radical (unpaired) electrons. The number of amidine groups is 1. The molecule has 0 saturated carbocycles. The van der Waals surface area contributed by atoms with Crippen molar-refractivity contribution < 1.29 is 9.53 Å². The van der Waals surface area contributed by atoms with Gasteiger partial charge in [-0.25, -0.2) is 19.3 Å². The van der Waals surface area contributed by atoms with E-state index in [4.69, 9.17) is 10.5 Å². The number of carbonyl (C=O) groups is 1. The second kappa shape index (κ2) is 9.20. The van der Waals surface area contributed by atoms with Gasteiger partial charge in [0, 0.05) is 36.9 Å². The molecule has 1 saturated heterocycles.